The predicted octanol–water partition coefficient (Wildman–Crippen LogP) is 3.68. The highest BCUT2D eigenvalue weighted by Crippen LogP contribution is 2.16. The number of nitrogens with one attached hydrogen (secondary N) is 1. The fourth-order valence-corrected chi connectivity index (χ4v) is 2.74. The molecule has 0 saturated heterocycles. The molecule has 0 saturated carbocycles. The molecule has 5 heteroatoms. The van der Waals surface area contributed by atoms with Gasteiger partial charge in [0.05, 0.1) is 6.10 Å². The first kappa shape index (κ1) is 14.8. The van der Waals surface area contributed by atoms with Crippen LogP contribution in [-0.2, 0) is 6.42 Å². The van der Waals surface area contributed by atoms with Gasteiger partial charge in [0.15, 0.2) is 0 Å². The minimum Gasteiger partial charge on any atom is -0.475 e. The van der Waals surface area contributed by atoms with Crippen LogP contribution < -0.4 is 10.1 Å². The molecule has 4 nitrogen and oxygen atoms in total. The standard InChI is InChI=1S/C15H21N3OS/c1-10(2)19-14-9-12(4)17-15(18-14)16-11(3)8-13-6-5-7-20-13/h5-7,9-11H,8H2,1-4H3,(H,16,17,18). The van der Waals surface area contributed by atoms with E-state index in [1.807, 2.05) is 26.8 Å². The number of ether oxygens (including phenoxy) is 1. The maximum Gasteiger partial charge on any atom is 0.226 e. The van der Waals surface area contributed by atoms with Crippen molar-refractivity contribution in [2.75, 3.05) is 5.32 Å². The third kappa shape index (κ3) is 4.49. The second-order valence-corrected chi connectivity index (χ2v) is 6.20. The zero-order valence-electron chi connectivity index (χ0n) is 12.4. The van der Waals surface area contributed by atoms with E-state index in [9.17, 15) is 0 Å². The van der Waals surface area contributed by atoms with Crippen LogP contribution in [0.3, 0.4) is 0 Å². The van der Waals surface area contributed by atoms with Gasteiger partial charge in [-0.3, -0.25) is 0 Å². The van der Waals surface area contributed by atoms with Crippen LogP contribution in [0.5, 0.6) is 5.88 Å². The number of aromatic nitrogens is 2. The van der Waals surface area contributed by atoms with Gasteiger partial charge in [0.2, 0.25) is 11.8 Å². The molecule has 0 spiro atoms. The molecule has 0 aromatic carbocycles. The van der Waals surface area contributed by atoms with Gasteiger partial charge in [-0.2, -0.15) is 4.98 Å². The van der Waals surface area contributed by atoms with Gasteiger partial charge in [-0.15, -0.1) is 11.3 Å². The summed E-state index contributed by atoms with van der Waals surface area (Å²) < 4.78 is 5.63. The normalized spacial score (nSPS) is 12.4. The van der Waals surface area contributed by atoms with E-state index in [0.29, 0.717) is 11.8 Å². The van der Waals surface area contributed by atoms with Crippen molar-refractivity contribution in [1.29, 1.82) is 0 Å². The second-order valence-electron chi connectivity index (χ2n) is 5.17. The highest BCUT2D eigenvalue weighted by molar-refractivity contribution is 7.09. The molecule has 0 aliphatic carbocycles. The van der Waals surface area contributed by atoms with E-state index < -0.39 is 0 Å². The molecule has 0 fully saturated rings. The number of nitrogens with zero attached hydrogens (tertiary/aromatic N) is 2. The molecular weight excluding hydrogens is 270 g/mol. The zero-order valence-corrected chi connectivity index (χ0v) is 13.2. The van der Waals surface area contributed by atoms with Crippen LogP contribution in [0.2, 0.25) is 0 Å². The van der Waals surface area contributed by atoms with Crippen molar-refractivity contribution in [2.45, 2.75) is 46.3 Å². The third-order valence-electron chi connectivity index (χ3n) is 2.65. The molecular formula is C15H21N3OS. The van der Waals surface area contributed by atoms with Gasteiger partial charge in [-0.25, -0.2) is 4.98 Å². The molecule has 1 unspecified atom stereocenters. The van der Waals surface area contributed by atoms with Crippen molar-refractivity contribution in [3.63, 3.8) is 0 Å². The summed E-state index contributed by atoms with van der Waals surface area (Å²) in [5.74, 6) is 1.25. The summed E-state index contributed by atoms with van der Waals surface area (Å²) in [6.07, 6.45) is 1.08. The third-order valence-corrected chi connectivity index (χ3v) is 3.55. The summed E-state index contributed by atoms with van der Waals surface area (Å²) in [5, 5.41) is 5.44. The van der Waals surface area contributed by atoms with Gasteiger partial charge < -0.3 is 10.1 Å². The monoisotopic (exact) mass is 291 g/mol. The minimum atomic E-state index is 0.112. The zero-order chi connectivity index (χ0) is 14.5. The van der Waals surface area contributed by atoms with Gasteiger partial charge in [-0.1, -0.05) is 6.07 Å². The van der Waals surface area contributed by atoms with E-state index in [1.54, 1.807) is 11.3 Å². The van der Waals surface area contributed by atoms with Crippen molar-refractivity contribution >= 4 is 17.3 Å². The molecule has 2 heterocycles. The first-order valence-electron chi connectivity index (χ1n) is 6.84. The Kier molecular flexibility index (Phi) is 4.95. The molecule has 0 amide bonds. The molecule has 1 N–H and O–H groups in total. The summed E-state index contributed by atoms with van der Waals surface area (Å²) in [4.78, 5) is 10.2. The average Bonchev–Trinajstić information content (AvgIpc) is 2.79. The topological polar surface area (TPSA) is 47.0 Å². The fourth-order valence-electron chi connectivity index (χ4n) is 1.91. The maximum atomic E-state index is 5.63. The molecule has 2 rings (SSSR count). The Hall–Kier alpha value is -1.62. The van der Waals surface area contributed by atoms with Gasteiger partial charge >= 0.3 is 0 Å². The molecule has 0 aliphatic rings. The van der Waals surface area contributed by atoms with E-state index in [4.69, 9.17) is 4.74 Å². The van der Waals surface area contributed by atoms with Crippen molar-refractivity contribution in [2.24, 2.45) is 0 Å². The van der Waals surface area contributed by atoms with Crippen LogP contribution in [-0.4, -0.2) is 22.1 Å². The van der Waals surface area contributed by atoms with E-state index >= 15 is 0 Å². The Bertz CT molecular complexity index is 540. The summed E-state index contributed by atoms with van der Waals surface area (Å²) >= 11 is 1.77. The van der Waals surface area contributed by atoms with E-state index in [2.05, 4.69) is 39.7 Å². The largest absolute Gasteiger partial charge is 0.475 e. The van der Waals surface area contributed by atoms with Crippen LogP contribution in [0.1, 0.15) is 31.3 Å². The lowest BCUT2D eigenvalue weighted by atomic mass is 10.2. The summed E-state index contributed by atoms with van der Waals surface area (Å²) in [7, 11) is 0. The molecule has 108 valence electrons. The van der Waals surface area contributed by atoms with Gasteiger partial charge in [0.1, 0.15) is 0 Å². The van der Waals surface area contributed by atoms with Gasteiger partial charge in [0.25, 0.3) is 0 Å². The summed E-state index contributed by atoms with van der Waals surface area (Å²) in [6.45, 7) is 8.06. The number of rotatable bonds is 6. The molecule has 2 aromatic rings. The Labute approximate surface area is 124 Å². The molecule has 0 bridgehead atoms. The number of anilines is 1. The quantitative estimate of drug-likeness (QED) is 0.882. The smallest absolute Gasteiger partial charge is 0.226 e. The van der Waals surface area contributed by atoms with Crippen molar-refractivity contribution in [3.8, 4) is 5.88 Å². The van der Waals surface area contributed by atoms with Gasteiger partial charge in [0, 0.05) is 29.1 Å². The van der Waals surface area contributed by atoms with E-state index in [1.165, 1.54) is 4.88 Å². The maximum absolute atomic E-state index is 5.63. The lowest BCUT2D eigenvalue weighted by Gasteiger charge is -2.15. The summed E-state index contributed by atoms with van der Waals surface area (Å²) in [6, 6.07) is 6.36. The van der Waals surface area contributed by atoms with Crippen LogP contribution in [0.4, 0.5) is 5.95 Å². The molecule has 20 heavy (non-hydrogen) atoms. The number of hydrogen-bond acceptors (Lipinski definition) is 5. The Balaban J connectivity index is 2.02. The van der Waals surface area contributed by atoms with E-state index in [-0.39, 0.29) is 12.1 Å². The molecule has 0 radical (unpaired) electrons. The molecule has 1 atom stereocenters. The average molecular weight is 291 g/mol. The van der Waals surface area contributed by atoms with Gasteiger partial charge in [-0.05, 0) is 39.1 Å². The molecule has 2 aromatic heterocycles. The Morgan fingerprint density at radius 2 is 2.10 bits per heavy atom. The lowest BCUT2D eigenvalue weighted by Crippen LogP contribution is -2.20. The second kappa shape index (κ2) is 6.70. The predicted molar refractivity (Wildman–Crippen MR) is 83.6 cm³/mol. The molecule has 0 aliphatic heterocycles. The number of aryl methyl sites for hydroxylation is 1. The minimum absolute atomic E-state index is 0.112. The Morgan fingerprint density at radius 1 is 1.30 bits per heavy atom. The number of hydrogen-bond donors (Lipinski definition) is 1. The lowest BCUT2D eigenvalue weighted by molar-refractivity contribution is 0.232. The SMILES string of the molecule is Cc1cc(OC(C)C)nc(NC(C)Cc2cccs2)n1. The van der Waals surface area contributed by atoms with Crippen molar-refractivity contribution < 1.29 is 4.74 Å². The van der Waals surface area contributed by atoms with Crippen molar-refractivity contribution in [1.82, 2.24) is 9.97 Å². The van der Waals surface area contributed by atoms with Crippen LogP contribution in [0, 0.1) is 6.92 Å². The van der Waals surface area contributed by atoms with Crippen LogP contribution >= 0.6 is 11.3 Å². The first-order valence-corrected chi connectivity index (χ1v) is 7.72. The van der Waals surface area contributed by atoms with Crippen molar-refractivity contribution in [3.05, 3.63) is 34.2 Å². The van der Waals surface area contributed by atoms with Crippen LogP contribution in [0.25, 0.3) is 0 Å². The Morgan fingerprint density at radius 3 is 2.75 bits per heavy atom. The highest BCUT2D eigenvalue weighted by atomic mass is 32.1. The number of thiophene rings is 1. The van der Waals surface area contributed by atoms with Crippen LogP contribution in [0.15, 0.2) is 23.6 Å². The first-order chi connectivity index (χ1) is 9.52. The summed E-state index contributed by atoms with van der Waals surface area (Å²) in [5.41, 5.74) is 0.904. The fraction of sp³-hybridized carbons (Fsp3) is 0.467. The van der Waals surface area contributed by atoms with E-state index in [0.717, 1.165) is 12.1 Å². The highest BCUT2D eigenvalue weighted by Gasteiger charge is 2.09.